The number of amides is 1. The van der Waals surface area contributed by atoms with Gasteiger partial charge in [-0.15, -0.1) is 16.7 Å². The Kier molecular flexibility index (Phi) is 4.30. The molecule has 94 valence electrons. The van der Waals surface area contributed by atoms with Crippen LogP contribution in [0.4, 0.5) is 0 Å². The van der Waals surface area contributed by atoms with Gasteiger partial charge in [0, 0.05) is 0 Å². The van der Waals surface area contributed by atoms with Crippen molar-refractivity contribution in [3.63, 3.8) is 0 Å². The zero-order valence-electron chi connectivity index (χ0n) is 9.60. The Morgan fingerprint density at radius 3 is 2.88 bits per heavy atom. The van der Waals surface area contributed by atoms with Crippen molar-refractivity contribution in [3.05, 3.63) is 5.82 Å². The summed E-state index contributed by atoms with van der Waals surface area (Å²) in [4.78, 5) is 11.1. The molecule has 1 N–H and O–H groups in total. The third-order valence-corrected chi connectivity index (χ3v) is 3.29. The maximum absolute atomic E-state index is 11.1. The molecule has 0 aromatic carbocycles. The van der Waals surface area contributed by atoms with Gasteiger partial charge in [-0.05, 0) is 23.3 Å². The van der Waals surface area contributed by atoms with Gasteiger partial charge in [-0.3, -0.25) is 4.79 Å². The number of alkyl halides is 1. The van der Waals surface area contributed by atoms with E-state index in [9.17, 15) is 4.79 Å². The second-order valence-corrected chi connectivity index (χ2v) is 4.51. The van der Waals surface area contributed by atoms with Crippen molar-refractivity contribution in [1.82, 2.24) is 25.5 Å². The quantitative estimate of drug-likeness (QED) is 0.818. The Labute approximate surface area is 105 Å². The molecule has 0 aliphatic heterocycles. The van der Waals surface area contributed by atoms with Gasteiger partial charge in [0.1, 0.15) is 5.88 Å². The highest BCUT2D eigenvalue weighted by atomic mass is 35.5. The maximum Gasteiger partial charge on any atom is 0.235 e. The molecule has 0 spiro atoms. The van der Waals surface area contributed by atoms with Crippen molar-refractivity contribution in [2.75, 3.05) is 5.88 Å². The van der Waals surface area contributed by atoms with Crippen molar-refractivity contribution in [3.8, 4) is 0 Å². The van der Waals surface area contributed by atoms with Gasteiger partial charge in [-0.1, -0.05) is 19.3 Å². The minimum atomic E-state index is -0.204. The van der Waals surface area contributed by atoms with Crippen molar-refractivity contribution in [2.24, 2.45) is 0 Å². The fourth-order valence-electron chi connectivity index (χ4n) is 2.16. The number of carbonyl (C=O) groups is 1. The van der Waals surface area contributed by atoms with E-state index in [4.69, 9.17) is 11.6 Å². The second kappa shape index (κ2) is 5.95. The molecule has 6 nitrogen and oxygen atoms in total. The molecule has 17 heavy (non-hydrogen) atoms. The van der Waals surface area contributed by atoms with Crippen LogP contribution in [0.2, 0.25) is 0 Å². The first-order chi connectivity index (χ1) is 8.31. The molecule has 0 unspecified atom stereocenters. The number of tetrazole rings is 1. The third-order valence-electron chi connectivity index (χ3n) is 3.05. The van der Waals surface area contributed by atoms with Gasteiger partial charge in [0.25, 0.3) is 0 Å². The number of halogens is 1. The van der Waals surface area contributed by atoms with Crippen LogP contribution in [0.1, 0.15) is 44.0 Å². The number of carbonyl (C=O) groups excluding carboxylic acids is 1. The van der Waals surface area contributed by atoms with Crippen LogP contribution in [0, 0.1) is 0 Å². The van der Waals surface area contributed by atoms with E-state index >= 15 is 0 Å². The standard InChI is InChI=1S/C10H16ClN5O/c11-6-10(17)12-7-9-13-14-15-16(9)8-4-2-1-3-5-8/h8H,1-7H2,(H,12,17). The molecule has 7 heteroatoms. The highest BCUT2D eigenvalue weighted by molar-refractivity contribution is 6.27. The number of rotatable bonds is 4. The van der Waals surface area contributed by atoms with E-state index in [1.54, 1.807) is 0 Å². The Morgan fingerprint density at radius 2 is 2.18 bits per heavy atom. The summed E-state index contributed by atoms with van der Waals surface area (Å²) in [6, 6.07) is 0.377. The lowest BCUT2D eigenvalue weighted by molar-refractivity contribution is -0.118. The number of nitrogens with zero attached hydrogens (tertiary/aromatic N) is 4. The van der Waals surface area contributed by atoms with E-state index in [1.165, 1.54) is 19.3 Å². The van der Waals surface area contributed by atoms with Crippen LogP contribution in [0.15, 0.2) is 0 Å². The molecule has 1 aromatic heterocycles. The van der Waals surface area contributed by atoms with Crippen LogP contribution in [0.25, 0.3) is 0 Å². The summed E-state index contributed by atoms with van der Waals surface area (Å²) >= 11 is 5.41. The molecule has 1 amide bonds. The predicted molar refractivity (Wildman–Crippen MR) is 62.5 cm³/mol. The number of aromatic nitrogens is 4. The highest BCUT2D eigenvalue weighted by Crippen LogP contribution is 2.27. The molecule has 1 aromatic rings. The van der Waals surface area contributed by atoms with E-state index in [2.05, 4.69) is 20.8 Å². The van der Waals surface area contributed by atoms with E-state index < -0.39 is 0 Å². The van der Waals surface area contributed by atoms with Crippen LogP contribution < -0.4 is 5.32 Å². The summed E-state index contributed by atoms with van der Waals surface area (Å²) < 4.78 is 1.84. The third kappa shape index (κ3) is 3.15. The Bertz CT molecular complexity index is 375. The van der Waals surface area contributed by atoms with Crippen molar-refractivity contribution in [2.45, 2.75) is 44.7 Å². The van der Waals surface area contributed by atoms with Gasteiger partial charge in [0.2, 0.25) is 5.91 Å². The molecule has 1 saturated carbocycles. The molecular weight excluding hydrogens is 242 g/mol. The average molecular weight is 258 g/mol. The summed E-state index contributed by atoms with van der Waals surface area (Å²) in [5.74, 6) is 0.463. The lowest BCUT2D eigenvalue weighted by Gasteiger charge is -2.22. The SMILES string of the molecule is O=C(CCl)NCc1nnnn1C1CCCCC1. The van der Waals surface area contributed by atoms with Crippen LogP contribution in [-0.4, -0.2) is 32.0 Å². The molecule has 1 fully saturated rings. The van der Waals surface area contributed by atoms with Gasteiger partial charge >= 0.3 is 0 Å². The first-order valence-corrected chi connectivity index (χ1v) is 6.44. The molecule has 1 aliphatic rings. The Hall–Kier alpha value is -1.17. The Balaban J connectivity index is 1.98. The maximum atomic E-state index is 11.1. The van der Waals surface area contributed by atoms with Crippen LogP contribution in [-0.2, 0) is 11.3 Å². The van der Waals surface area contributed by atoms with E-state index in [-0.39, 0.29) is 11.8 Å². The summed E-state index contributed by atoms with van der Waals surface area (Å²) in [6.45, 7) is 0.342. The number of hydrogen-bond donors (Lipinski definition) is 1. The monoisotopic (exact) mass is 257 g/mol. The average Bonchev–Trinajstić information content (AvgIpc) is 2.85. The number of nitrogens with one attached hydrogen (secondary N) is 1. The first kappa shape index (κ1) is 12.3. The summed E-state index contributed by atoms with van der Waals surface area (Å²) in [5, 5.41) is 14.3. The normalized spacial score (nSPS) is 17.0. The molecule has 0 bridgehead atoms. The minimum Gasteiger partial charge on any atom is -0.348 e. The summed E-state index contributed by atoms with van der Waals surface area (Å²) in [7, 11) is 0. The van der Waals surface area contributed by atoms with E-state index in [0.29, 0.717) is 18.4 Å². The lowest BCUT2D eigenvalue weighted by atomic mass is 9.96. The molecule has 0 radical (unpaired) electrons. The van der Waals surface area contributed by atoms with E-state index in [1.807, 2.05) is 4.68 Å². The molecule has 0 atom stereocenters. The lowest BCUT2D eigenvalue weighted by Crippen LogP contribution is -2.27. The van der Waals surface area contributed by atoms with Gasteiger partial charge in [-0.2, -0.15) is 0 Å². The zero-order valence-corrected chi connectivity index (χ0v) is 10.4. The van der Waals surface area contributed by atoms with Crippen molar-refractivity contribution >= 4 is 17.5 Å². The van der Waals surface area contributed by atoms with Crippen LogP contribution in [0.5, 0.6) is 0 Å². The van der Waals surface area contributed by atoms with Gasteiger partial charge in [0.05, 0.1) is 12.6 Å². The molecule has 2 rings (SSSR count). The highest BCUT2D eigenvalue weighted by Gasteiger charge is 2.19. The van der Waals surface area contributed by atoms with Gasteiger partial charge in [-0.25, -0.2) is 4.68 Å². The van der Waals surface area contributed by atoms with E-state index in [0.717, 1.165) is 12.8 Å². The van der Waals surface area contributed by atoms with Gasteiger partial charge < -0.3 is 5.32 Å². The largest absolute Gasteiger partial charge is 0.348 e. The topological polar surface area (TPSA) is 72.7 Å². The smallest absolute Gasteiger partial charge is 0.235 e. The predicted octanol–water partition coefficient (Wildman–Crippen LogP) is 1.03. The molecular formula is C10H16ClN5O. The minimum absolute atomic E-state index is 0.0367. The van der Waals surface area contributed by atoms with Gasteiger partial charge in [0.15, 0.2) is 5.82 Å². The molecule has 0 saturated heterocycles. The summed E-state index contributed by atoms with van der Waals surface area (Å²) in [5.41, 5.74) is 0. The van der Waals surface area contributed by atoms with Crippen molar-refractivity contribution < 1.29 is 4.79 Å². The zero-order chi connectivity index (χ0) is 12.1. The molecule has 1 aliphatic carbocycles. The second-order valence-electron chi connectivity index (χ2n) is 4.24. The van der Waals surface area contributed by atoms with Crippen LogP contribution >= 0.6 is 11.6 Å². The first-order valence-electron chi connectivity index (χ1n) is 5.90. The van der Waals surface area contributed by atoms with Crippen LogP contribution in [0.3, 0.4) is 0 Å². The molecule has 1 heterocycles. The number of hydrogen-bond acceptors (Lipinski definition) is 4. The Morgan fingerprint density at radius 1 is 1.41 bits per heavy atom. The van der Waals surface area contributed by atoms with Crippen molar-refractivity contribution in [1.29, 1.82) is 0 Å². The fraction of sp³-hybridized carbons (Fsp3) is 0.800. The summed E-state index contributed by atoms with van der Waals surface area (Å²) in [6.07, 6.45) is 5.95. The fourth-order valence-corrected chi connectivity index (χ4v) is 2.26.